The first kappa shape index (κ1) is 8.48. The molecule has 0 aromatic rings. The van der Waals surface area contributed by atoms with Gasteiger partial charge in [0, 0.05) is 0 Å². The van der Waals surface area contributed by atoms with E-state index in [4.69, 9.17) is 11.6 Å². The minimum atomic E-state index is -0.600. The molecular formula is C6H8ClNO. The highest BCUT2D eigenvalue weighted by Crippen LogP contribution is 1.74. The van der Waals surface area contributed by atoms with E-state index in [1.54, 1.807) is 0 Å². The molecule has 9 heavy (non-hydrogen) atoms. The van der Waals surface area contributed by atoms with Gasteiger partial charge in [0.05, 0.1) is 6.54 Å². The minimum absolute atomic E-state index is 0.568. The van der Waals surface area contributed by atoms with Crippen LogP contribution in [0.5, 0.6) is 0 Å². The first-order chi connectivity index (χ1) is 4.13. The molecule has 0 saturated carbocycles. The van der Waals surface area contributed by atoms with Crippen LogP contribution >= 0.6 is 11.6 Å². The molecule has 0 spiro atoms. The monoisotopic (exact) mass is 145 g/mol. The lowest BCUT2D eigenvalue weighted by Gasteiger charge is -1.99. The van der Waals surface area contributed by atoms with E-state index in [1.807, 2.05) is 19.0 Å². The van der Waals surface area contributed by atoms with Crippen molar-refractivity contribution in [1.29, 1.82) is 0 Å². The summed E-state index contributed by atoms with van der Waals surface area (Å²) in [4.78, 5) is 11.9. The minimum Gasteiger partial charge on any atom is -0.299 e. The Balaban J connectivity index is 3.50. The Morgan fingerprint density at radius 3 is 2.56 bits per heavy atom. The Hall–Kier alpha value is -0.520. The van der Waals surface area contributed by atoms with Crippen molar-refractivity contribution in [2.45, 2.75) is 0 Å². The molecule has 50 valence electrons. The Labute approximate surface area is 59.8 Å². The molecule has 0 rings (SSSR count). The van der Waals surface area contributed by atoms with Crippen molar-refractivity contribution in [2.24, 2.45) is 0 Å². The largest absolute Gasteiger partial charge is 0.299 e. The number of carbonyl (C=O) groups excluding carboxylic acids is 1. The number of hydrogen-bond donors (Lipinski definition) is 0. The predicted octanol–water partition coefficient (Wildman–Crippen LogP) is 0.317. The summed E-state index contributed by atoms with van der Waals surface area (Å²) in [6.07, 6.45) is 0. The van der Waals surface area contributed by atoms with Crippen LogP contribution in [0.4, 0.5) is 0 Å². The molecule has 0 aliphatic carbocycles. The quantitative estimate of drug-likeness (QED) is 0.391. The summed E-state index contributed by atoms with van der Waals surface area (Å²) in [7, 11) is 3.74. The highest BCUT2D eigenvalue weighted by molar-refractivity contribution is 6.68. The zero-order valence-corrected chi connectivity index (χ0v) is 6.20. The average molecular weight is 146 g/mol. The zero-order valence-electron chi connectivity index (χ0n) is 5.44. The summed E-state index contributed by atoms with van der Waals surface area (Å²) in [5, 5.41) is -0.600. The van der Waals surface area contributed by atoms with Crippen LogP contribution in [0.1, 0.15) is 0 Å². The van der Waals surface area contributed by atoms with Crippen LogP contribution in [0.3, 0.4) is 0 Å². The molecule has 0 atom stereocenters. The van der Waals surface area contributed by atoms with Crippen LogP contribution in [0.2, 0.25) is 0 Å². The van der Waals surface area contributed by atoms with Crippen molar-refractivity contribution in [3.63, 3.8) is 0 Å². The Morgan fingerprint density at radius 1 is 1.67 bits per heavy atom. The molecule has 0 unspecified atom stereocenters. The third-order valence-electron chi connectivity index (χ3n) is 0.582. The summed E-state index contributed by atoms with van der Waals surface area (Å²) < 4.78 is 0. The van der Waals surface area contributed by atoms with Gasteiger partial charge in [0.2, 0.25) is 0 Å². The van der Waals surface area contributed by atoms with Crippen LogP contribution in [0.15, 0.2) is 0 Å². The van der Waals surface area contributed by atoms with Crippen molar-refractivity contribution in [2.75, 3.05) is 20.6 Å². The fraction of sp³-hybridized carbons (Fsp3) is 0.500. The van der Waals surface area contributed by atoms with E-state index in [0.717, 1.165) is 0 Å². The Bertz CT molecular complexity index is 154. The van der Waals surface area contributed by atoms with E-state index in [9.17, 15) is 4.79 Å². The number of nitrogens with zero attached hydrogens (tertiary/aromatic N) is 1. The van der Waals surface area contributed by atoms with Crippen molar-refractivity contribution in [1.82, 2.24) is 4.90 Å². The summed E-state index contributed by atoms with van der Waals surface area (Å²) in [5.74, 6) is 4.79. The standard InChI is InChI=1S/C6H8ClNO/c1-8(2)5-3-4-6(7)9/h5H2,1-2H3. The highest BCUT2D eigenvalue weighted by atomic mass is 35.5. The summed E-state index contributed by atoms with van der Waals surface area (Å²) >= 11 is 4.93. The molecule has 0 N–H and O–H groups in total. The van der Waals surface area contributed by atoms with E-state index in [-0.39, 0.29) is 0 Å². The van der Waals surface area contributed by atoms with Gasteiger partial charge in [0.25, 0.3) is 5.24 Å². The number of halogens is 1. The Morgan fingerprint density at radius 2 is 2.22 bits per heavy atom. The zero-order chi connectivity index (χ0) is 7.28. The number of carbonyl (C=O) groups is 1. The van der Waals surface area contributed by atoms with Crippen LogP contribution in [0, 0.1) is 11.8 Å². The lowest BCUT2D eigenvalue weighted by molar-refractivity contribution is -0.107. The molecule has 0 aromatic carbocycles. The Kier molecular flexibility index (Phi) is 4.12. The van der Waals surface area contributed by atoms with Crippen molar-refractivity contribution >= 4 is 16.8 Å². The average Bonchev–Trinajstić information content (AvgIpc) is 1.63. The van der Waals surface area contributed by atoms with Gasteiger partial charge in [-0.2, -0.15) is 0 Å². The topological polar surface area (TPSA) is 20.3 Å². The molecule has 0 fully saturated rings. The number of hydrogen-bond acceptors (Lipinski definition) is 2. The molecule has 0 saturated heterocycles. The number of rotatable bonds is 1. The van der Waals surface area contributed by atoms with Crippen molar-refractivity contribution < 1.29 is 4.79 Å². The summed E-state index contributed by atoms with van der Waals surface area (Å²) in [6, 6.07) is 0. The first-order valence-electron chi connectivity index (χ1n) is 2.46. The molecule has 2 nitrogen and oxygen atoms in total. The van der Waals surface area contributed by atoms with Crippen LogP contribution in [-0.2, 0) is 4.79 Å². The maximum absolute atomic E-state index is 10.00. The van der Waals surface area contributed by atoms with Gasteiger partial charge >= 0.3 is 0 Å². The summed E-state index contributed by atoms with van der Waals surface area (Å²) in [6.45, 7) is 0.568. The van der Waals surface area contributed by atoms with Crippen LogP contribution in [0.25, 0.3) is 0 Å². The van der Waals surface area contributed by atoms with Gasteiger partial charge in [-0.05, 0) is 31.6 Å². The van der Waals surface area contributed by atoms with E-state index in [2.05, 4.69) is 11.8 Å². The molecule has 0 aromatic heterocycles. The van der Waals surface area contributed by atoms with Crippen molar-refractivity contribution in [3.05, 3.63) is 0 Å². The third kappa shape index (κ3) is 7.48. The smallest absolute Gasteiger partial charge is 0.296 e. The molecule has 3 heteroatoms. The normalized spacial score (nSPS) is 8.44. The van der Waals surface area contributed by atoms with Gasteiger partial charge in [-0.1, -0.05) is 5.92 Å². The second-order valence-corrected chi connectivity index (χ2v) is 2.16. The fourth-order valence-electron chi connectivity index (χ4n) is 0.267. The lowest BCUT2D eigenvalue weighted by atomic mass is 10.5. The van der Waals surface area contributed by atoms with E-state index >= 15 is 0 Å². The van der Waals surface area contributed by atoms with Gasteiger partial charge in [0.1, 0.15) is 0 Å². The second-order valence-electron chi connectivity index (χ2n) is 1.81. The molecule has 0 bridgehead atoms. The predicted molar refractivity (Wildman–Crippen MR) is 37.2 cm³/mol. The SMILES string of the molecule is CN(C)CC#CC(=O)Cl. The molecule has 0 radical (unpaired) electrons. The second kappa shape index (κ2) is 4.37. The fourth-order valence-corrected chi connectivity index (χ4v) is 0.334. The van der Waals surface area contributed by atoms with Crippen LogP contribution in [-0.4, -0.2) is 30.8 Å². The highest BCUT2D eigenvalue weighted by Gasteiger charge is 1.83. The maximum atomic E-state index is 10.00. The lowest BCUT2D eigenvalue weighted by Crippen LogP contribution is -2.10. The molecule has 0 amide bonds. The van der Waals surface area contributed by atoms with E-state index < -0.39 is 5.24 Å². The first-order valence-corrected chi connectivity index (χ1v) is 2.84. The van der Waals surface area contributed by atoms with Crippen LogP contribution < -0.4 is 0 Å². The molecule has 0 aliphatic heterocycles. The van der Waals surface area contributed by atoms with Gasteiger partial charge in [-0.15, -0.1) is 0 Å². The van der Waals surface area contributed by atoms with E-state index in [0.29, 0.717) is 6.54 Å². The third-order valence-corrected chi connectivity index (χ3v) is 0.676. The van der Waals surface area contributed by atoms with Gasteiger partial charge in [-0.3, -0.25) is 9.69 Å². The maximum Gasteiger partial charge on any atom is 0.296 e. The van der Waals surface area contributed by atoms with E-state index in [1.165, 1.54) is 0 Å². The molecule has 0 heterocycles. The summed E-state index contributed by atoms with van der Waals surface area (Å²) in [5.41, 5.74) is 0. The van der Waals surface area contributed by atoms with Gasteiger partial charge in [0.15, 0.2) is 0 Å². The van der Waals surface area contributed by atoms with Gasteiger partial charge in [-0.25, -0.2) is 0 Å². The molecular weight excluding hydrogens is 138 g/mol. The molecule has 0 aliphatic rings. The van der Waals surface area contributed by atoms with Crippen molar-refractivity contribution in [3.8, 4) is 11.8 Å². The van der Waals surface area contributed by atoms with Gasteiger partial charge < -0.3 is 0 Å².